The molecule has 0 aromatic carbocycles. The quantitative estimate of drug-likeness (QED) is 0.554. The van der Waals surface area contributed by atoms with E-state index in [1.807, 2.05) is 0 Å². The smallest absolute Gasteiger partial charge is 0.0338 e. The Bertz CT molecular complexity index is 78.9. The van der Waals surface area contributed by atoms with Crippen LogP contribution in [0.2, 0.25) is 0 Å². The maximum Gasteiger partial charge on any atom is 0.0338 e. The molecule has 0 nitrogen and oxygen atoms in total. The van der Waals surface area contributed by atoms with Crippen molar-refractivity contribution in [3.05, 3.63) is 0 Å². The molecular formula is C10H21Cl. The SMILES string of the molecule is CCCCC(C(C)C)C(C)Cl. The van der Waals surface area contributed by atoms with Crippen LogP contribution >= 0.6 is 11.6 Å². The molecule has 0 aliphatic rings. The average Bonchev–Trinajstić information content (AvgIpc) is 1.87. The lowest BCUT2D eigenvalue weighted by Gasteiger charge is -2.22. The predicted molar refractivity (Wildman–Crippen MR) is 53.2 cm³/mol. The van der Waals surface area contributed by atoms with Crippen LogP contribution < -0.4 is 0 Å². The zero-order valence-corrected chi connectivity index (χ0v) is 8.99. The highest BCUT2D eigenvalue weighted by Gasteiger charge is 2.17. The van der Waals surface area contributed by atoms with Crippen molar-refractivity contribution < 1.29 is 0 Å². The van der Waals surface area contributed by atoms with Gasteiger partial charge in [-0.3, -0.25) is 0 Å². The van der Waals surface area contributed by atoms with E-state index in [0.29, 0.717) is 11.3 Å². The molecule has 0 aliphatic heterocycles. The van der Waals surface area contributed by atoms with Crippen LogP contribution in [0.4, 0.5) is 0 Å². The Labute approximate surface area is 76.3 Å². The van der Waals surface area contributed by atoms with Gasteiger partial charge < -0.3 is 0 Å². The van der Waals surface area contributed by atoms with Crippen molar-refractivity contribution in [3.8, 4) is 0 Å². The lowest BCUT2D eigenvalue weighted by atomic mass is 9.88. The highest BCUT2D eigenvalue weighted by atomic mass is 35.5. The van der Waals surface area contributed by atoms with Crippen molar-refractivity contribution in [2.75, 3.05) is 0 Å². The van der Waals surface area contributed by atoms with Gasteiger partial charge in [0.15, 0.2) is 0 Å². The second-order valence-corrected chi connectivity index (χ2v) is 4.42. The highest BCUT2D eigenvalue weighted by molar-refractivity contribution is 6.20. The largest absolute Gasteiger partial charge is 0.123 e. The van der Waals surface area contributed by atoms with E-state index in [4.69, 9.17) is 11.6 Å². The molecule has 0 fully saturated rings. The monoisotopic (exact) mass is 176 g/mol. The number of halogens is 1. The molecule has 0 bridgehead atoms. The summed E-state index contributed by atoms with van der Waals surface area (Å²) in [5.41, 5.74) is 0. The van der Waals surface area contributed by atoms with E-state index in [2.05, 4.69) is 27.7 Å². The fraction of sp³-hybridized carbons (Fsp3) is 1.00. The van der Waals surface area contributed by atoms with Crippen LogP contribution in [0, 0.1) is 11.8 Å². The van der Waals surface area contributed by atoms with E-state index in [1.54, 1.807) is 0 Å². The van der Waals surface area contributed by atoms with Gasteiger partial charge in [0.2, 0.25) is 0 Å². The third kappa shape index (κ3) is 4.68. The van der Waals surface area contributed by atoms with Crippen molar-refractivity contribution in [3.63, 3.8) is 0 Å². The summed E-state index contributed by atoms with van der Waals surface area (Å²) in [6, 6.07) is 0. The Kier molecular flexibility index (Phi) is 6.03. The molecule has 0 N–H and O–H groups in total. The topological polar surface area (TPSA) is 0 Å². The Hall–Kier alpha value is 0.290. The molecule has 0 heterocycles. The van der Waals surface area contributed by atoms with E-state index in [9.17, 15) is 0 Å². The molecule has 0 spiro atoms. The van der Waals surface area contributed by atoms with Crippen LogP contribution in [-0.2, 0) is 0 Å². The number of hydrogen-bond acceptors (Lipinski definition) is 0. The summed E-state index contributed by atoms with van der Waals surface area (Å²) in [5, 5.41) is 0.335. The van der Waals surface area contributed by atoms with Gasteiger partial charge in [-0.25, -0.2) is 0 Å². The number of hydrogen-bond donors (Lipinski definition) is 0. The summed E-state index contributed by atoms with van der Waals surface area (Å²) >= 11 is 6.07. The number of alkyl halides is 1. The minimum Gasteiger partial charge on any atom is -0.123 e. The molecule has 68 valence electrons. The van der Waals surface area contributed by atoms with Crippen LogP contribution in [-0.4, -0.2) is 5.38 Å². The van der Waals surface area contributed by atoms with Crippen molar-refractivity contribution in [1.29, 1.82) is 0 Å². The molecule has 0 rings (SSSR count). The molecule has 0 radical (unpaired) electrons. The van der Waals surface area contributed by atoms with E-state index in [-0.39, 0.29) is 0 Å². The van der Waals surface area contributed by atoms with Crippen LogP contribution in [0.5, 0.6) is 0 Å². The molecule has 0 amide bonds. The van der Waals surface area contributed by atoms with Crippen molar-refractivity contribution >= 4 is 11.6 Å². The minimum atomic E-state index is 0.335. The molecule has 2 atom stereocenters. The summed E-state index contributed by atoms with van der Waals surface area (Å²) in [6.45, 7) is 8.87. The summed E-state index contributed by atoms with van der Waals surface area (Å²) in [7, 11) is 0. The first-order chi connectivity index (χ1) is 5.09. The fourth-order valence-corrected chi connectivity index (χ4v) is 1.95. The van der Waals surface area contributed by atoms with Crippen LogP contribution in [0.1, 0.15) is 47.0 Å². The van der Waals surface area contributed by atoms with Crippen molar-refractivity contribution in [2.45, 2.75) is 52.3 Å². The molecule has 1 heteroatoms. The molecular weight excluding hydrogens is 156 g/mol. The molecule has 0 saturated heterocycles. The molecule has 0 aliphatic carbocycles. The molecule has 2 unspecified atom stereocenters. The Balaban J connectivity index is 3.70. The van der Waals surface area contributed by atoms with Crippen molar-refractivity contribution in [2.24, 2.45) is 11.8 Å². The first-order valence-corrected chi connectivity index (χ1v) is 5.17. The molecule has 0 saturated carbocycles. The highest BCUT2D eigenvalue weighted by Crippen LogP contribution is 2.25. The maximum absolute atomic E-state index is 6.07. The van der Waals surface area contributed by atoms with Gasteiger partial charge in [-0.05, 0) is 25.2 Å². The average molecular weight is 177 g/mol. The zero-order chi connectivity index (χ0) is 8.85. The Morgan fingerprint density at radius 1 is 1.18 bits per heavy atom. The second-order valence-electron chi connectivity index (χ2n) is 3.73. The molecule has 0 aromatic heterocycles. The number of unbranched alkanes of at least 4 members (excludes halogenated alkanes) is 1. The van der Waals surface area contributed by atoms with Gasteiger partial charge in [-0.1, -0.05) is 33.6 Å². The van der Waals surface area contributed by atoms with E-state index in [0.717, 1.165) is 5.92 Å². The van der Waals surface area contributed by atoms with Gasteiger partial charge in [-0.2, -0.15) is 0 Å². The van der Waals surface area contributed by atoms with Gasteiger partial charge in [0.05, 0.1) is 0 Å². The van der Waals surface area contributed by atoms with E-state index >= 15 is 0 Å². The first kappa shape index (κ1) is 11.3. The Morgan fingerprint density at radius 2 is 1.73 bits per heavy atom. The maximum atomic E-state index is 6.07. The van der Waals surface area contributed by atoms with Crippen molar-refractivity contribution in [1.82, 2.24) is 0 Å². The van der Waals surface area contributed by atoms with Gasteiger partial charge in [-0.15, -0.1) is 11.6 Å². The summed E-state index contributed by atoms with van der Waals surface area (Å²) < 4.78 is 0. The minimum absolute atomic E-state index is 0.335. The summed E-state index contributed by atoms with van der Waals surface area (Å²) in [6.07, 6.45) is 3.89. The third-order valence-electron chi connectivity index (χ3n) is 2.34. The lowest BCUT2D eigenvalue weighted by molar-refractivity contribution is 0.345. The van der Waals surface area contributed by atoms with Gasteiger partial charge >= 0.3 is 0 Å². The van der Waals surface area contributed by atoms with E-state index in [1.165, 1.54) is 19.3 Å². The van der Waals surface area contributed by atoms with Crippen LogP contribution in [0.15, 0.2) is 0 Å². The van der Waals surface area contributed by atoms with E-state index < -0.39 is 0 Å². The predicted octanol–water partition coefficient (Wildman–Crippen LogP) is 4.08. The standard InChI is InChI=1S/C10H21Cl/c1-5-6-7-10(8(2)3)9(4)11/h8-10H,5-7H2,1-4H3. The van der Waals surface area contributed by atoms with Crippen LogP contribution in [0.3, 0.4) is 0 Å². The summed E-state index contributed by atoms with van der Waals surface area (Å²) in [4.78, 5) is 0. The molecule has 0 aromatic rings. The third-order valence-corrected chi connectivity index (χ3v) is 2.66. The Morgan fingerprint density at radius 3 is 2.00 bits per heavy atom. The zero-order valence-electron chi connectivity index (χ0n) is 8.23. The van der Waals surface area contributed by atoms with Gasteiger partial charge in [0, 0.05) is 5.38 Å². The molecule has 11 heavy (non-hydrogen) atoms. The summed E-state index contributed by atoms with van der Waals surface area (Å²) in [5.74, 6) is 1.44. The van der Waals surface area contributed by atoms with Crippen LogP contribution in [0.25, 0.3) is 0 Å². The lowest BCUT2D eigenvalue weighted by Crippen LogP contribution is -2.17. The number of rotatable bonds is 5. The normalized spacial score (nSPS) is 16.9. The fourth-order valence-electron chi connectivity index (χ4n) is 1.53. The first-order valence-electron chi connectivity index (χ1n) is 4.73. The van der Waals surface area contributed by atoms with Gasteiger partial charge in [0.25, 0.3) is 0 Å². The van der Waals surface area contributed by atoms with Gasteiger partial charge in [0.1, 0.15) is 0 Å². The second kappa shape index (κ2) is 5.88.